The van der Waals surface area contributed by atoms with Crippen LogP contribution < -0.4 is 26.0 Å². The van der Waals surface area contributed by atoms with Gasteiger partial charge in [0, 0.05) is 53.4 Å². The molecule has 10 atom stereocenters. The van der Waals surface area contributed by atoms with Crippen LogP contribution in [-0.4, -0.2) is 155 Å². The summed E-state index contributed by atoms with van der Waals surface area (Å²) in [5.41, 5.74) is -2.05. The van der Waals surface area contributed by atoms with E-state index >= 15 is 0 Å². The smallest absolute Gasteiger partial charge is 0.408 e. The monoisotopic (exact) mass is 1270 g/mol. The van der Waals surface area contributed by atoms with Gasteiger partial charge in [-0.05, 0) is 129 Å². The summed E-state index contributed by atoms with van der Waals surface area (Å²) in [6.07, 6.45) is 11.9. The fourth-order valence-electron chi connectivity index (χ4n) is 11.1. The van der Waals surface area contributed by atoms with Crippen LogP contribution in [0.2, 0.25) is 15.4 Å². The third kappa shape index (κ3) is 17.1. The third-order valence-electron chi connectivity index (χ3n) is 15.6. The number of fused-ring (bicyclic) bond motifs is 6. The SMILES string of the molecule is CC(C)(C)OC(=O)N[C@H]1CCCCC/C=C\[C@@H]2C[C@@]2(C(=O)O)NC(=O)[C@@H]2C[C@@H](O)CN2C1=O.CC(C)(C)OC(=O)N[C@H]1CCCCC/C=C\[C@@H]2C[C@@]2(C(=O)O)NC(=O)[C@@H]2C[C@@H](Oc3nc4ccc(Cl)cc4o3)CN2C1=O.Clc1ccc2nc(Cl)oc2c1. The lowest BCUT2D eigenvalue weighted by molar-refractivity contribution is -0.146. The topological polar surface area (TPSA) is 332 Å². The molecule has 4 aromatic rings. The number of aliphatic carboxylic acids is 2. The Hall–Kier alpha value is -7.15. The second kappa shape index (κ2) is 27.5. The summed E-state index contributed by atoms with van der Waals surface area (Å²) in [6.45, 7) is 10.3. The number of carboxylic acids is 2. The van der Waals surface area contributed by atoms with Crippen molar-refractivity contribution in [2.75, 3.05) is 13.1 Å². The number of oxazole rings is 2. The predicted octanol–water partition coefficient (Wildman–Crippen LogP) is 8.66. The van der Waals surface area contributed by atoms with E-state index in [0.717, 1.165) is 44.0 Å². The highest BCUT2D eigenvalue weighted by Crippen LogP contribution is 2.47. The summed E-state index contributed by atoms with van der Waals surface area (Å²) in [5.74, 6) is -5.06. The van der Waals surface area contributed by atoms with Crippen molar-refractivity contribution in [3.05, 3.63) is 76.1 Å². The quantitative estimate of drug-likeness (QED) is 0.0888. The van der Waals surface area contributed by atoms with E-state index < -0.39 is 106 Å². The van der Waals surface area contributed by atoms with Gasteiger partial charge < -0.3 is 69.4 Å². The number of aliphatic hydroxyl groups excluding tert-OH is 1. The van der Waals surface area contributed by atoms with Crippen LogP contribution >= 0.6 is 34.8 Å². The molecule has 2 saturated carbocycles. The minimum Gasteiger partial charge on any atom is -0.479 e. The summed E-state index contributed by atoms with van der Waals surface area (Å²) in [7, 11) is 0. The molecular formula is C60H75Cl3N8O16. The number of halogens is 3. The molecule has 27 heteroatoms. The Balaban J connectivity index is 0.000000196. The van der Waals surface area contributed by atoms with Gasteiger partial charge in [0.05, 0.1) is 12.6 Å². The predicted molar refractivity (Wildman–Crippen MR) is 318 cm³/mol. The van der Waals surface area contributed by atoms with Crippen LogP contribution in [0.1, 0.15) is 131 Å². The van der Waals surface area contributed by atoms with Crippen molar-refractivity contribution in [1.29, 1.82) is 0 Å². The van der Waals surface area contributed by atoms with E-state index in [1.165, 1.54) is 9.80 Å². The molecule has 87 heavy (non-hydrogen) atoms. The van der Waals surface area contributed by atoms with Crippen molar-refractivity contribution >= 4 is 105 Å². The van der Waals surface area contributed by atoms with Crippen molar-refractivity contribution in [3.8, 4) is 6.08 Å². The number of aromatic nitrogens is 2. The Labute approximate surface area is 517 Å². The van der Waals surface area contributed by atoms with Gasteiger partial charge in [0.25, 0.3) is 5.35 Å². The van der Waals surface area contributed by atoms with Gasteiger partial charge in [0.15, 0.2) is 11.2 Å². The number of hydrogen-bond acceptors (Lipinski definition) is 16. The minimum atomic E-state index is -1.44. The number of nitrogens with one attached hydrogen (secondary N) is 4. The van der Waals surface area contributed by atoms with Crippen molar-refractivity contribution in [3.63, 3.8) is 0 Å². The first kappa shape index (κ1) is 65.8. The minimum absolute atomic E-state index is 0.00688. The van der Waals surface area contributed by atoms with Crippen molar-refractivity contribution < 1.29 is 76.7 Å². The zero-order chi connectivity index (χ0) is 63.2. The normalized spacial score (nSPS) is 28.6. The fraction of sp³-hybridized carbons (Fsp3) is 0.567. The molecular weight excluding hydrogens is 1200 g/mol. The summed E-state index contributed by atoms with van der Waals surface area (Å²) in [6, 6.07) is 6.19. The molecule has 4 fully saturated rings. The first-order chi connectivity index (χ1) is 41.0. The van der Waals surface area contributed by atoms with Gasteiger partial charge in [-0.15, -0.1) is 0 Å². The second-order valence-corrected chi connectivity index (χ2v) is 25.9. The van der Waals surface area contributed by atoms with Crippen LogP contribution in [0.25, 0.3) is 22.2 Å². The summed E-state index contributed by atoms with van der Waals surface area (Å²) in [4.78, 5) is 114. The molecule has 6 aliphatic rings. The number of carbonyl (C=O) groups excluding carboxylic acids is 6. The van der Waals surface area contributed by atoms with E-state index in [0.29, 0.717) is 52.4 Å². The highest BCUT2D eigenvalue weighted by atomic mass is 35.5. The Bertz CT molecular complexity index is 3280. The molecule has 2 aliphatic carbocycles. The maximum Gasteiger partial charge on any atom is 0.408 e. The molecule has 6 heterocycles. The number of nitrogens with zero attached hydrogens (tertiary/aromatic N) is 4. The van der Waals surface area contributed by atoms with E-state index in [1.54, 1.807) is 77.9 Å². The molecule has 4 aliphatic heterocycles. The first-order valence-corrected chi connectivity index (χ1v) is 30.3. The summed E-state index contributed by atoms with van der Waals surface area (Å²) < 4.78 is 27.4. The molecule has 7 N–H and O–H groups in total. The van der Waals surface area contributed by atoms with E-state index in [4.69, 9.17) is 57.8 Å². The number of amides is 6. The van der Waals surface area contributed by atoms with Crippen LogP contribution in [0.3, 0.4) is 0 Å². The average Bonchev–Trinajstić information content (AvgIpc) is 1.62. The molecule has 6 amide bonds. The van der Waals surface area contributed by atoms with Crippen LogP contribution in [0, 0.1) is 11.8 Å². The average molecular weight is 1270 g/mol. The van der Waals surface area contributed by atoms with Gasteiger partial charge in [-0.25, -0.2) is 19.2 Å². The Morgan fingerprint density at radius 3 is 1.59 bits per heavy atom. The Morgan fingerprint density at radius 2 is 1.10 bits per heavy atom. The van der Waals surface area contributed by atoms with Gasteiger partial charge in [0.1, 0.15) is 63.6 Å². The lowest BCUT2D eigenvalue weighted by Gasteiger charge is -2.30. The van der Waals surface area contributed by atoms with Gasteiger partial charge in [-0.2, -0.15) is 9.97 Å². The molecule has 10 rings (SSSR count). The molecule has 472 valence electrons. The van der Waals surface area contributed by atoms with Crippen LogP contribution in [0.15, 0.2) is 69.5 Å². The Morgan fingerprint density at radius 1 is 0.644 bits per heavy atom. The van der Waals surface area contributed by atoms with E-state index in [-0.39, 0.29) is 62.0 Å². The maximum absolute atomic E-state index is 14.0. The standard InChI is InChI=1S/C30H37ClN4O8.C23H35N3O7.C7H3Cl2NO/c1-29(2,3)43-27(40)32-21-10-8-6-4-5-7-9-17-15-30(17,26(38)39)34-24(36)22-14-19(16-35(22)25(21)37)41-28-33-20-12-11-18(31)13-23(20)42-28;1-22(2,3)33-21(32)24-16-10-8-6-4-5-7-9-14-12-23(14,20(30)31)25-18(28)17-11-15(27)13-26(17)19(16)29;8-4-1-2-5-6(3-4)11-7(9)10-5/h7,9,11-13,17,19,21-22H,4-6,8,10,14-16H2,1-3H3,(H,32,40)(H,34,36)(H,38,39);7,9,14-17,27H,4-6,8,10-13H2,1-3H3,(H,24,32)(H,25,28)(H,30,31);1-3H/b2*9-7-;/t17-,19-,21+,22+,30-;14-,15-,16+,17+,23-;/m11./s1. The molecule has 2 aromatic heterocycles. The van der Waals surface area contributed by atoms with Crippen LogP contribution in [-0.2, 0) is 38.2 Å². The number of carboxylic acid groups (broad SMARTS) is 2. The number of carbonyl (C=O) groups is 8. The number of benzene rings is 2. The Kier molecular flexibility index (Phi) is 20.8. The summed E-state index contributed by atoms with van der Waals surface area (Å²) in [5, 5.41) is 41.9. The van der Waals surface area contributed by atoms with E-state index in [9.17, 15) is 53.7 Å². The number of rotatable bonds is 6. The fourth-order valence-corrected chi connectivity index (χ4v) is 11.6. The number of alkyl carbamates (subject to hydrolysis) is 2. The molecule has 24 nitrogen and oxygen atoms in total. The van der Waals surface area contributed by atoms with Crippen molar-refractivity contribution in [2.24, 2.45) is 11.8 Å². The third-order valence-corrected chi connectivity index (χ3v) is 16.2. The van der Waals surface area contributed by atoms with Crippen molar-refractivity contribution in [1.82, 2.24) is 41.0 Å². The number of ether oxygens (including phenoxy) is 3. The van der Waals surface area contributed by atoms with Crippen LogP contribution in [0.4, 0.5) is 9.59 Å². The molecule has 0 unspecified atom stereocenters. The number of allylic oxidation sites excluding steroid dienone is 2. The first-order valence-electron chi connectivity index (χ1n) is 29.2. The highest BCUT2D eigenvalue weighted by molar-refractivity contribution is 6.31. The lowest BCUT2D eigenvalue weighted by Crippen LogP contribution is -2.56. The van der Waals surface area contributed by atoms with Gasteiger partial charge >= 0.3 is 30.2 Å². The maximum atomic E-state index is 14.0. The van der Waals surface area contributed by atoms with Gasteiger partial charge in [0.2, 0.25) is 23.6 Å². The van der Waals surface area contributed by atoms with Gasteiger partial charge in [-0.3, -0.25) is 19.2 Å². The van der Waals surface area contributed by atoms with Crippen molar-refractivity contribution in [2.45, 2.75) is 190 Å². The molecule has 0 bridgehead atoms. The second-order valence-electron chi connectivity index (χ2n) is 24.7. The van der Waals surface area contributed by atoms with E-state index in [1.807, 2.05) is 24.3 Å². The largest absolute Gasteiger partial charge is 0.479 e. The molecule has 0 spiro atoms. The van der Waals surface area contributed by atoms with Gasteiger partial charge in [-0.1, -0.05) is 73.2 Å². The number of aliphatic hydroxyl groups is 1. The molecule has 2 aromatic carbocycles. The van der Waals surface area contributed by atoms with Crippen LogP contribution in [0.5, 0.6) is 6.08 Å². The zero-order valence-electron chi connectivity index (χ0n) is 49.3. The lowest BCUT2D eigenvalue weighted by atomic mass is 10.0. The zero-order valence-corrected chi connectivity index (χ0v) is 51.5. The highest BCUT2D eigenvalue weighted by Gasteiger charge is 2.63. The molecule has 0 radical (unpaired) electrons. The van der Waals surface area contributed by atoms with E-state index in [2.05, 4.69) is 31.2 Å². The number of hydrogen-bond donors (Lipinski definition) is 7. The molecule has 2 saturated heterocycles. The summed E-state index contributed by atoms with van der Waals surface area (Å²) >= 11 is 17.3.